The fourth-order valence-corrected chi connectivity index (χ4v) is 1.57. The zero-order valence-electron chi connectivity index (χ0n) is 10.8. The molecule has 0 aliphatic heterocycles. The average molecular weight is 294 g/mol. The highest BCUT2D eigenvalue weighted by Crippen LogP contribution is 2.31. The lowest BCUT2D eigenvalue weighted by atomic mass is 10.2. The number of aromatic nitrogens is 2. The Morgan fingerprint density at radius 2 is 2.24 bits per heavy atom. The fraction of sp³-hybridized carbons (Fsp3) is 0.0909. The van der Waals surface area contributed by atoms with E-state index in [9.17, 15) is 14.5 Å². The van der Waals surface area contributed by atoms with Crippen LogP contribution in [0.25, 0.3) is 0 Å². The summed E-state index contributed by atoms with van der Waals surface area (Å²) in [6, 6.07) is 3.69. The van der Waals surface area contributed by atoms with Gasteiger partial charge < -0.3 is 10.1 Å². The molecular formula is C11H11FN6O3. The molecule has 1 aromatic carbocycles. The Hall–Kier alpha value is -3.01. The van der Waals surface area contributed by atoms with E-state index in [0.717, 1.165) is 12.3 Å². The number of nitrogens with two attached hydrogens (primary N) is 1. The fourth-order valence-electron chi connectivity index (χ4n) is 1.57. The van der Waals surface area contributed by atoms with Crippen LogP contribution in [-0.2, 0) is 0 Å². The molecule has 0 radical (unpaired) electrons. The van der Waals surface area contributed by atoms with Gasteiger partial charge in [-0.15, -0.1) is 0 Å². The average Bonchev–Trinajstić information content (AvgIpc) is 2.48. The quantitative estimate of drug-likeness (QED) is 0.430. The zero-order valence-corrected chi connectivity index (χ0v) is 10.8. The molecule has 0 bridgehead atoms. The summed E-state index contributed by atoms with van der Waals surface area (Å²) in [5, 5.41) is 13.7. The first-order chi connectivity index (χ1) is 10.0. The summed E-state index contributed by atoms with van der Waals surface area (Å²) in [7, 11) is 1.35. The molecule has 9 nitrogen and oxygen atoms in total. The first-order valence-electron chi connectivity index (χ1n) is 5.63. The number of benzene rings is 1. The topological polar surface area (TPSA) is 128 Å². The highest BCUT2D eigenvalue weighted by atomic mass is 19.1. The van der Waals surface area contributed by atoms with E-state index in [4.69, 9.17) is 10.6 Å². The molecule has 1 heterocycles. The number of nitrogens with one attached hydrogen (secondary N) is 2. The minimum absolute atomic E-state index is 0.0100. The summed E-state index contributed by atoms with van der Waals surface area (Å²) in [4.78, 5) is 17.8. The van der Waals surface area contributed by atoms with Crippen molar-refractivity contribution in [2.24, 2.45) is 5.84 Å². The number of rotatable bonds is 5. The van der Waals surface area contributed by atoms with Gasteiger partial charge in [-0.1, -0.05) is 0 Å². The van der Waals surface area contributed by atoms with Crippen LogP contribution in [-0.4, -0.2) is 22.0 Å². The molecule has 0 saturated heterocycles. The van der Waals surface area contributed by atoms with Crippen molar-refractivity contribution in [2.75, 3.05) is 17.9 Å². The van der Waals surface area contributed by atoms with Gasteiger partial charge in [-0.05, 0) is 12.1 Å². The minimum Gasteiger partial charge on any atom is -0.494 e. The van der Waals surface area contributed by atoms with Crippen LogP contribution in [0.5, 0.6) is 5.75 Å². The molecule has 1 aromatic heterocycles. The van der Waals surface area contributed by atoms with Gasteiger partial charge in [-0.3, -0.25) is 15.5 Å². The van der Waals surface area contributed by atoms with Gasteiger partial charge in [0.05, 0.1) is 17.7 Å². The molecule has 10 heteroatoms. The molecule has 0 unspecified atom stereocenters. The van der Waals surface area contributed by atoms with Crippen molar-refractivity contribution < 1.29 is 14.1 Å². The third-order valence-electron chi connectivity index (χ3n) is 2.51. The number of nitrogen functional groups attached to an aromatic ring is 1. The van der Waals surface area contributed by atoms with Crippen LogP contribution in [0.1, 0.15) is 0 Å². The number of methoxy groups -OCH3 is 1. The SMILES string of the molecule is COc1cc(F)ccc1Nc1nc(NN)ncc1[N+](=O)[O-]. The number of nitrogens with zero attached hydrogens (tertiary/aromatic N) is 3. The first-order valence-corrected chi connectivity index (χ1v) is 5.63. The molecule has 21 heavy (non-hydrogen) atoms. The van der Waals surface area contributed by atoms with Crippen LogP contribution >= 0.6 is 0 Å². The number of nitro groups is 1. The highest BCUT2D eigenvalue weighted by molar-refractivity contribution is 5.70. The summed E-state index contributed by atoms with van der Waals surface area (Å²) in [5.41, 5.74) is 2.13. The van der Waals surface area contributed by atoms with E-state index < -0.39 is 10.7 Å². The number of ether oxygens (including phenoxy) is 1. The second-order valence-corrected chi connectivity index (χ2v) is 3.80. The van der Waals surface area contributed by atoms with Gasteiger partial charge in [0, 0.05) is 6.07 Å². The second kappa shape index (κ2) is 5.96. The maximum absolute atomic E-state index is 13.1. The van der Waals surface area contributed by atoms with Gasteiger partial charge in [0.2, 0.25) is 11.8 Å². The van der Waals surface area contributed by atoms with Crippen molar-refractivity contribution in [3.63, 3.8) is 0 Å². The van der Waals surface area contributed by atoms with Crippen molar-refractivity contribution in [3.8, 4) is 5.75 Å². The van der Waals surface area contributed by atoms with E-state index in [2.05, 4.69) is 20.7 Å². The summed E-state index contributed by atoms with van der Waals surface area (Å²) in [6.07, 6.45) is 1.00. The molecule has 0 aliphatic carbocycles. The summed E-state index contributed by atoms with van der Waals surface area (Å²) >= 11 is 0. The Morgan fingerprint density at radius 1 is 1.48 bits per heavy atom. The van der Waals surface area contributed by atoms with Crippen LogP contribution in [0.3, 0.4) is 0 Å². The smallest absolute Gasteiger partial charge is 0.329 e. The molecule has 0 atom stereocenters. The zero-order chi connectivity index (χ0) is 15.4. The maximum Gasteiger partial charge on any atom is 0.329 e. The number of hydrazine groups is 1. The lowest BCUT2D eigenvalue weighted by Crippen LogP contribution is -2.12. The molecule has 0 aliphatic rings. The van der Waals surface area contributed by atoms with Crippen molar-refractivity contribution in [1.29, 1.82) is 0 Å². The van der Waals surface area contributed by atoms with E-state index in [0.29, 0.717) is 5.69 Å². The number of halogens is 1. The largest absolute Gasteiger partial charge is 0.494 e. The Morgan fingerprint density at radius 3 is 2.86 bits per heavy atom. The molecule has 2 aromatic rings. The van der Waals surface area contributed by atoms with Crippen molar-refractivity contribution in [1.82, 2.24) is 9.97 Å². The van der Waals surface area contributed by atoms with Crippen molar-refractivity contribution >= 4 is 23.1 Å². The van der Waals surface area contributed by atoms with Gasteiger partial charge in [-0.2, -0.15) is 4.98 Å². The second-order valence-electron chi connectivity index (χ2n) is 3.80. The first kappa shape index (κ1) is 14.4. The predicted molar refractivity (Wildman–Crippen MR) is 72.7 cm³/mol. The van der Waals surface area contributed by atoms with Gasteiger partial charge in [0.1, 0.15) is 17.8 Å². The van der Waals surface area contributed by atoms with E-state index in [-0.39, 0.29) is 23.2 Å². The Labute approximate surface area is 118 Å². The number of hydrogen-bond donors (Lipinski definition) is 3. The van der Waals surface area contributed by atoms with Crippen molar-refractivity contribution in [3.05, 3.63) is 40.3 Å². The maximum atomic E-state index is 13.1. The Kier molecular flexibility index (Phi) is 4.09. The molecule has 110 valence electrons. The number of anilines is 3. The highest BCUT2D eigenvalue weighted by Gasteiger charge is 2.18. The summed E-state index contributed by atoms with van der Waals surface area (Å²) in [6.45, 7) is 0. The monoisotopic (exact) mass is 294 g/mol. The molecule has 0 fully saturated rings. The third kappa shape index (κ3) is 3.12. The van der Waals surface area contributed by atoms with Gasteiger partial charge in [0.15, 0.2) is 0 Å². The Balaban J connectivity index is 2.45. The van der Waals surface area contributed by atoms with Crippen LogP contribution < -0.4 is 21.3 Å². The normalized spacial score (nSPS) is 10.0. The van der Waals surface area contributed by atoms with Crippen molar-refractivity contribution in [2.45, 2.75) is 0 Å². The number of hydrogen-bond acceptors (Lipinski definition) is 8. The molecular weight excluding hydrogens is 283 g/mol. The standard InChI is InChI=1S/C11H11FN6O3/c1-21-9-4-6(12)2-3-7(9)15-10-8(18(19)20)5-14-11(16-10)17-13/h2-5H,13H2,1H3,(H2,14,15,16,17). The van der Waals surface area contributed by atoms with Gasteiger partial charge >= 0.3 is 5.69 Å². The van der Waals surface area contributed by atoms with Crippen LogP contribution in [0.2, 0.25) is 0 Å². The van der Waals surface area contributed by atoms with Crippen LogP contribution in [0, 0.1) is 15.9 Å². The summed E-state index contributed by atoms with van der Waals surface area (Å²) in [5.74, 6) is 4.72. The molecule has 0 amide bonds. The lowest BCUT2D eigenvalue weighted by Gasteiger charge is -2.11. The van der Waals surface area contributed by atoms with Crippen LogP contribution in [0.15, 0.2) is 24.4 Å². The molecule has 0 spiro atoms. The summed E-state index contributed by atoms with van der Waals surface area (Å²) < 4.78 is 18.1. The predicted octanol–water partition coefficient (Wildman–Crippen LogP) is 1.56. The molecule has 4 N–H and O–H groups in total. The Bertz CT molecular complexity index is 681. The van der Waals surface area contributed by atoms with Gasteiger partial charge in [0.25, 0.3) is 0 Å². The third-order valence-corrected chi connectivity index (χ3v) is 2.51. The van der Waals surface area contributed by atoms with E-state index in [1.807, 2.05) is 0 Å². The van der Waals surface area contributed by atoms with Crippen LogP contribution in [0.4, 0.5) is 27.5 Å². The molecule has 2 rings (SSSR count). The lowest BCUT2D eigenvalue weighted by molar-refractivity contribution is -0.384. The molecule has 0 saturated carbocycles. The minimum atomic E-state index is -0.654. The van der Waals surface area contributed by atoms with E-state index in [1.165, 1.54) is 19.2 Å². The van der Waals surface area contributed by atoms with Gasteiger partial charge in [-0.25, -0.2) is 15.2 Å². The van der Waals surface area contributed by atoms with E-state index >= 15 is 0 Å². The van der Waals surface area contributed by atoms with E-state index in [1.54, 1.807) is 0 Å².